The summed E-state index contributed by atoms with van der Waals surface area (Å²) in [4.78, 5) is 4.63. The molecule has 3 aromatic rings. The monoisotopic (exact) mass is 313 g/mol. The number of benzene rings is 2. The third-order valence-corrected chi connectivity index (χ3v) is 4.45. The normalized spacial score (nSPS) is 11.5. The highest BCUT2D eigenvalue weighted by Crippen LogP contribution is 2.21. The Bertz CT molecular complexity index is 915. The summed E-state index contributed by atoms with van der Waals surface area (Å²) in [5, 5.41) is 1.05. The van der Waals surface area contributed by atoms with Crippen molar-refractivity contribution >= 4 is 20.7 Å². The number of para-hydroxylation sites is 1. The van der Waals surface area contributed by atoms with E-state index >= 15 is 0 Å². The minimum atomic E-state index is -3.24. The first kappa shape index (κ1) is 14.5. The fourth-order valence-electron chi connectivity index (χ4n) is 2.24. The van der Waals surface area contributed by atoms with Crippen molar-refractivity contribution in [2.24, 2.45) is 0 Å². The second-order valence-electron chi connectivity index (χ2n) is 5.03. The van der Waals surface area contributed by atoms with Gasteiger partial charge in [0.25, 0.3) is 0 Å². The zero-order chi connectivity index (χ0) is 15.6. The van der Waals surface area contributed by atoms with Gasteiger partial charge in [-0.05, 0) is 24.3 Å². The van der Waals surface area contributed by atoms with E-state index in [-0.39, 0.29) is 4.90 Å². The number of sulfone groups is 1. The van der Waals surface area contributed by atoms with E-state index in [9.17, 15) is 8.42 Å². The largest absolute Gasteiger partial charge is 0.489 e. The van der Waals surface area contributed by atoms with E-state index in [1.807, 2.05) is 30.3 Å². The topological polar surface area (TPSA) is 56.3 Å². The summed E-state index contributed by atoms with van der Waals surface area (Å²) in [6.45, 7) is 0.335. The maximum atomic E-state index is 11.6. The van der Waals surface area contributed by atoms with Crippen LogP contribution in [0.4, 0.5) is 0 Å². The highest BCUT2D eigenvalue weighted by Gasteiger charge is 2.08. The maximum Gasteiger partial charge on any atom is 0.175 e. The first-order valence-electron chi connectivity index (χ1n) is 6.79. The molecule has 0 saturated heterocycles. The molecule has 0 spiro atoms. The summed E-state index contributed by atoms with van der Waals surface area (Å²) in [6.07, 6.45) is 2.93. The van der Waals surface area contributed by atoms with Gasteiger partial charge in [-0.3, -0.25) is 4.98 Å². The molecule has 3 rings (SSSR count). The Labute approximate surface area is 129 Å². The highest BCUT2D eigenvalue weighted by molar-refractivity contribution is 7.90. The van der Waals surface area contributed by atoms with Gasteiger partial charge < -0.3 is 4.74 Å². The third-order valence-electron chi connectivity index (χ3n) is 3.34. The molecule has 0 aliphatic rings. The molecule has 0 fully saturated rings. The van der Waals surface area contributed by atoms with E-state index < -0.39 is 9.84 Å². The lowest BCUT2D eigenvalue weighted by Crippen LogP contribution is -2.00. The minimum Gasteiger partial charge on any atom is -0.489 e. The standard InChI is InChI=1S/C17H15NO3S/c1-22(19,20)16-9-3-8-15(11-16)21-12-14-6-2-5-13-7-4-10-18-17(13)14/h2-11H,12H2,1H3. The lowest BCUT2D eigenvalue weighted by atomic mass is 10.1. The van der Waals surface area contributed by atoms with Crippen LogP contribution in [0.25, 0.3) is 10.9 Å². The summed E-state index contributed by atoms with van der Waals surface area (Å²) in [5.74, 6) is 0.524. The van der Waals surface area contributed by atoms with E-state index in [0.717, 1.165) is 16.5 Å². The summed E-state index contributed by atoms with van der Waals surface area (Å²) >= 11 is 0. The second-order valence-corrected chi connectivity index (χ2v) is 7.04. The van der Waals surface area contributed by atoms with Crippen molar-refractivity contribution in [3.05, 3.63) is 66.4 Å². The third kappa shape index (κ3) is 3.09. The smallest absolute Gasteiger partial charge is 0.175 e. The van der Waals surface area contributed by atoms with E-state index in [1.165, 1.54) is 12.3 Å². The summed E-state index contributed by atoms with van der Waals surface area (Å²) in [7, 11) is -3.24. The van der Waals surface area contributed by atoms with Crippen LogP contribution >= 0.6 is 0 Å². The molecular formula is C17H15NO3S. The molecule has 0 N–H and O–H groups in total. The molecule has 0 aliphatic heterocycles. The Hall–Kier alpha value is -2.40. The maximum absolute atomic E-state index is 11.6. The van der Waals surface area contributed by atoms with Crippen LogP contribution in [-0.4, -0.2) is 19.7 Å². The number of nitrogens with zero attached hydrogens (tertiary/aromatic N) is 1. The van der Waals surface area contributed by atoms with Crippen LogP contribution in [-0.2, 0) is 16.4 Å². The van der Waals surface area contributed by atoms with Crippen LogP contribution in [0.15, 0.2) is 65.7 Å². The molecule has 0 atom stereocenters. The predicted octanol–water partition coefficient (Wildman–Crippen LogP) is 3.22. The minimum absolute atomic E-state index is 0.251. The Kier molecular flexibility index (Phi) is 3.81. The number of rotatable bonds is 4. The van der Waals surface area contributed by atoms with E-state index in [4.69, 9.17) is 4.74 Å². The fraction of sp³-hybridized carbons (Fsp3) is 0.118. The van der Waals surface area contributed by atoms with Crippen molar-refractivity contribution in [3.63, 3.8) is 0 Å². The molecule has 2 aromatic carbocycles. The molecule has 0 radical (unpaired) electrons. The Balaban J connectivity index is 1.86. The Morgan fingerprint density at radius 2 is 1.82 bits per heavy atom. The number of aromatic nitrogens is 1. The molecule has 0 unspecified atom stereocenters. The molecule has 22 heavy (non-hydrogen) atoms. The highest BCUT2D eigenvalue weighted by atomic mass is 32.2. The van der Waals surface area contributed by atoms with Crippen molar-refractivity contribution < 1.29 is 13.2 Å². The summed E-state index contributed by atoms with van der Waals surface area (Å²) in [5.41, 5.74) is 1.85. The number of hydrogen-bond donors (Lipinski definition) is 0. The van der Waals surface area contributed by atoms with Gasteiger partial charge in [-0.25, -0.2) is 8.42 Å². The molecule has 0 aliphatic carbocycles. The van der Waals surface area contributed by atoms with E-state index in [2.05, 4.69) is 4.98 Å². The van der Waals surface area contributed by atoms with Crippen molar-refractivity contribution in [2.45, 2.75) is 11.5 Å². The first-order chi connectivity index (χ1) is 10.5. The van der Waals surface area contributed by atoms with Gasteiger partial charge in [-0.1, -0.05) is 30.3 Å². The lowest BCUT2D eigenvalue weighted by Gasteiger charge is -2.09. The number of ether oxygens (including phenoxy) is 1. The lowest BCUT2D eigenvalue weighted by molar-refractivity contribution is 0.306. The first-order valence-corrected chi connectivity index (χ1v) is 8.69. The molecule has 1 aromatic heterocycles. The number of pyridine rings is 1. The van der Waals surface area contributed by atoms with Crippen molar-refractivity contribution in [3.8, 4) is 5.75 Å². The van der Waals surface area contributed by atoms with E-state index in [0.29, 0.717) is 12.4 Å². The van der Waals surface area contributed by atoms with Gasteiger partial charge in [0.1, 0.15) is 12.4 Å². The molecule has 4 nitrogen and oxygen atoms in total. The Morgan fingerprint density at radius 1 is 1.05 bits per heavy atom. The SMILES string of the molecule is CS(=O)(=O)c1cccc(OCc2cccc3cccnc23)c1. The number of fused-ring (bicyclic) bond motifs is 1. The predicted molar refractivity (Wildman–Crippen MR) is 85.6 cm³/mol. The molecule has 112 valence electrons. The molecule has 0 bridgehead atoms. The van der Waals surface area contributed by atoms with Gasteiger partial charge in [0.05, 0.1) is 10.4 Å². The van der Waals surface area contributed by atoms with Gasteiger partial charge in [0.2, 0.25) is 0 Å². The zero-order valence-corrected chi connectivity index (χ0v) is 12.9. The summed E-state index contributed by atoms with van der Waals surface area (Å²) in [6, 6.07) is 16.3. The van der Waals surface area contributed by atoms with Gasteiger partial charge in [0, 0.05) is 23.4 Å². The Morgan fingerprint density at radius 3 is 2.64 bits per heavy atom. The average Bonchev–Trinajstić information content (AvgIpc) is 2.52. The van der Waals surface area contributed by atoms with E-state index in [1.54, 1.807) is 24.4 Å². The summed E-state index contributed by atoms with van der Waals surface area (Å²) < 4.78 is 28.9. The van der Waals surface area contributed by atoms with Gasteiger partial charge in [0.15, 0.2) is 9.84 Å². The fourth-order valence-corrected chi connectivity index (χ4v) is 2.90. The van der Waals surface area contributed by atoms with Crippen LogP contribution in [0, 0.1) is 0 Å². The van der Waals surface area contributed by atoms with Crippen LogP contribution in [0.3, 0.4) is 0 Å². The zero-order valence-electron chi connectivity index (χ0n) is 12.1. The van der Waals surface area contributed by atoms with Crippen LogP contribution < -0.4 is 4.74 Å². The van der Waals surface area contributed by atoms with Crippen molar-refractivity contribution in [1.29, 1.82) is 0 Å². The van der Waals surface area contributed by atoms with Crippen molar-refractivity contribution in [1.82, 2.24) is 4.98 Å². The van der Waals surface area contributed by atoms with Crippen LogP contribution in [0.5, 0.6) is 5.75 Å². The molecule has 0 amide bonds. The molecule has 1 heterocycles. The van der Waals surface area contributed by atoms with Crippen molar-refractivity contribution in [2.75, 3.05) is 6.26 Å². The van der Waals surface area contributed by atoms with Gasteiger partial charge in [-0.2, -0.15) is 0 Å². The molecular weight excluding hydrogens is 298 g/mol. The second kappa shape index (κ2) is 5.77. The number of hydrogen-bond acceptors (Lipinski definition) is 4. The quantitative estimate of drug-likeness (QED) is 0.742. The van der Waals surface area contributed by atoms with Crippen LogP contribution in [0.2, 0.25) is 0 Å². The molecule has 5 heteroatoms. The van der Waals surface area contributed by atoms with Crippen LogP contribution in [0.1, 0.15) is 5.56 Å². The average molecular weight is 313 g/mol. The van der Waals surface area contributed by atoms with Gasteiger partial charge in [-0.15, -0.1) is 0 Å². The molecule has 0 saturated carbocycles. The van der Waals surface area contributed by atoms with Gasteiger partial charge >= 0.3 is 0 Å².